The molecule has 1 aromatic heterocycles. The Morgan fingerprint density at radius 3 is 2.72 bits per heavy atom. The normalized spacial score (nSPS) is 15.4. The number of hydrogen-bond donors (Lipinski definition) is 4. The number of morpholine rings is 1. The summed E-state index contributed by atoms with van der Waals surface area (Å²) >= 11 is 0. The van der Waals surface area contributed by atoms with Gasteiger partial charge in [-0.1, -0.05) is 24.3 Å². The molecule has 152 valence electrons. The topological polar surface area (TPSA) is 97.8 Å². The lowest BCUT2D eigenvalue weighted by atomic mass is 10.0. The van der Waals surface area contributed by atoms with Crippen LogP contribution in [0.5, 0.6) is 0 Å². The lowest BCUT2D eigenvalue weighted by Gasteiger charge is -2.30. The van der Waals surface area contributed by atoms with Crippen LogP contribution in [0.3, 0.4) is 0 Å². The van der Waals surface area contributed by atoms with Crippen molar-refractivity contribution in [1.29, 1.82) is 0 Å². The number of pyridine rings is 1. The molecule has 3 aromatic rings. The van der Waals surface area contributed by atoms with Gasteiger partial charge in [0.1, 0.15) is 0 Å². The van der Waals surface area contributed by atoms with Gasteiger partial charge < -0.3 is 30.2 Å². The molecule has 0 radical (unpaired) electrons. The Kier molecular flexibility index (Phi) is 5.80. The minimum absolute atomic E-state index is 0.166. The van der Waals surface area contributed by atoms with Crippen LogP contribution >= 0.6 is 0 Å². The summed E-state index contributed by atoms with van der Waals surface area (Å²) in [6, 6.07) is 15.6. The molecule has 29 heavy (non-hydrogen) atoms. The number of benzene rings is 2. The minimum Gasteiger partial charge on any atom is -0.394 e. The van der Waals surface area contributed by atoms with Crippen LogP contribution in [0.15, 0.2) is 53.3 Å². The summed E-state index contributed by atoms with van der Waals surface area (Å²) < 4.78 is 5.46. The van der Waals surface area contributed by atoms with Crippen molar-refractivity contribution in [3.8, 4) is 11.3 Å². The summed E-state index contributed by atoms with van der Waals surface area (Å²) in [4.78, 5) is 18.1. The highest BCUT2D eigenvalue weighted by molar-refractivity contribution is 5.89. The van der Waals surface area contributed by atoms with Gasteiger partial charge in [0.05, 0.1) is 31.6 Å². The molecule has 1 aliphatic rings. The maximum Gasteiger partial charge on any atom is 0.256 e. The smallest absolute Gasteiger partial charge is 0.256 e. The third-order valence-electron chi connectivity index (χ3n) is 5.14. The molecule has 7 heteroatoms. The number of aromatic amines is 1. The van der Waals surface area contributed by atoms with Crippen LogP contribution in [0.4, 0.5) is 11.4 Å². The summed E-state index contributed by atoms with van der Waals surface area (Å²) in [5, 5.41) is 22.9. The second kappa shape index (κ2) is 8.65. The van der Waals surface area contributed by atoms with E-state index in [-0.39, 0.29) is 18.7 Å². The van der Waals surface area contributed by atoms with Gasteiger partial charge in [0.2, 0.25) is 0 Å². The molecule has 1 aliphatic heterocycles. The van der Waals surface area contributed by atoms with E-state index in [1.54, 1.807) is 6.07 Å². The Morgan fingerprint density at radius 1 is 1.14 bits per heavy atom. The number of nitrogens with one attached hydrogen (secondary N) is 2. The van der Waals surface area contributed by atoms with Crippen LogP contribution in [-0.4, -0.2) is 60.8 Å². The third-order valence-corrected chi connectivity index (χ3v) is 5.14. The molecule has 0 amide bonds. The zero-order valence-corrected chi connectivity index (χ0v) is 16.1. The average molecular weight is 395 g/mol. The van der Waals surface area contributed by atoms with E-state index in [9.17, 15) is 9.90 Å². The molecule has 2 heterocycles. The van der Waals surface area contributed by atoms with E-state index in [0.29, 0.717) is 18.6 Å². The molecule has 1 atom stereocenters. The van der Waals surface area contributed by atoms with Gasteiger partial charge in [0.15, 0.2) is 0 Å². The molecular weight excluding hydrogens is 370 g/mol. The fraction of sp³-hybridized carbons (Fsp3) is 0.318. The number of H-pyrrole nitrogens is 1. The zero-order valence-electron chi connectivity index (χ0n) is 16.1. The predicted molar refractivity (Wildman–Crippen MR) is 115 cm³/mol. The van der Waals surface area contributed by atoms with Crippen molar-refractivity contribution >= 4 is 22.1 Å². The van der Waals surface area contributed by atoms with Gasteiger partial charge in [-0.2, -0.15) is 0 Å². The number of rotatable bonds is 6. The second-order valence-corrected chi connectivity index (χ2v) is 7.15. The highest BCUT2D eigenvalue weighted by Gasteiger charge is 2.16. The predicted octanol–water partition coefficient (Wildman–Crippen LogP) is 1.80. The first kappa shape index (κ1) is 19.4. The number of hydrogen-bond acceptors (Lipinski definition) is 6. The second-order valence-electron chi connectivity index (χ2n) is 7.15. The Bertz CT molecular complexity index is 1040. The lowest BCUT2D eigenvalue weighted by Crippen LogP contribution is -2.36. The summed E-state index contributed by atoms with van der Waals surface area (Å²) in [6.07, 6.45) is -0.844. The summed E-state index contributed by atoms with van der Waals surface area (Å²) in [5.41, 5.74) is 3.40. The van der Waals surface area contributed by atoms with Crippen LogP contribution in [0.2, 0.25) is 0 Å². The van der Waals surface area contributed by atoms with Crippen molar-refractivity contribution in [2.75, 3.05) is 49.7 Å². The number of aliphatic hydroxyl groups excluding tert-OH is 2. The number of aromatic nitrogens is 1. The SMILES string of the molecule is O=c1[nH]c(-c2ccccc2N2CCOCC2)cc2ccc(NC[C@@H](O)CO)cc12. The first-order valence-corrected chi connectivity index (χ1v) is 9.77. The largest absolute Gasteiger partial charge is 0.394 e. The Morgan fingerprint density at radius 2 is 1.93 bits per heavy atom. The molecule has 0 bridgehead atoms. The molecule has 4 N–H and O–H groups in total. The van der Waals surface area contributed by atoms with Gasteiger partial charge in [-0.05, 0) is 29.7 Å². The highest BCUT2D eigenvalue weighted by atomic mass is 16.5. The fourth-order valence-electron chi connectivity index (χ4n) is 3.60. The monoisotopic (exact) mass is 395 g/mol. The van der Waals surface area contributed by atoms with Crippen molar-refractivity contribution in [3.05, 3.63) is 58.9 Å². The maximum atomic E-state index is 12.8. The molecule has 0 aliphatic carbocycles. The number of ether oxygens (including phenoxy) is 1. The number of para-hydroxylation sites is 1. The zero-order chi connectivity index (χ0) is 20.2. The lowest BCUT2D eigenvalue weighted by molar-refractivity contribution is 0.105. The highest BCUT2D eigenvalue weighted by Crippen LogP contribution is 2.31. The Hall–Kier alpha value is -2.87. The van der Waals surface area contributed by atoms with Crippen molar-refractivity contribution < 1.29 is 14.9 Å². The van der Waals surface area contributed by atoms with Gasteiger partial charge >= 0.3 is 0 Å². The Balaban J connectivity index is 1.69. The molecule has 0 unspecified atom stereocenters. The van der Waals surface area contributed by atoms with Crippen molar-refractivity contribution in [3.63, 3.8) is 0 Å². The number of aliphatic hydroxyl groups is 2. The number of nitrogens with zero attached hydrogens (tertiary/aromatic N) is 1. The van der Waals surface area contributed by atoms with Gasteiger partial charge in [-0.15, -0.1) is 0 Å². The first-order valence-electron chi connectivity index (χ1n) is 9.77. The van der Waals surface area contributed by atoms with E-state index >= 15 is 0 Å². The Labute approximate surface area is 168 Å². The number of fused-ring (bicyclic) bond motifs is 1. The van der Waals surface area contributed by atoms with Crippen molar-refractivity contribution in [2.45, 2.75) is 6.10 Å². The molecule has 4 rings (SSSR count). The van der Waals surface area contributed by atoms with Crippen molar-refractivity contribution in [2.24, 2.45) is 0 Å². The van der Waals surface area contributed by atoms with Gasteiger partial charge in [0, 0.05) is 42.0 Å². The molecule has 7 nitrogen and oxygen atoms in total. The van der Waals surface area contributed by atoms with Crippen LogP contribution < -0.4 is 15.8 Å². The molecule has 2 aromatic carbocycles. The molecular formula is C22H25N3O4. The van der Waals surface area contributed by atoms with Crippen molar-refractivity contribution in [1.82, 2.24) is 4.98 Å². The fourth-order valence-corrected chi connectivity index (χ4v) is 3.60. The summed E-state index contributed by atoms with van der Waals surface area (Å²) in [5.74, 6) is 0. The minimum atomic E-state index is -0.844. The molecule has 0 saturated carbocycles. The van der Waals surface area contributed by atoms with E-state index in [0.717, 1.165) is 41.1 Å². The van der Waals surface area contributed by atoms with E-state index in [1.165, 1.54) is 0 Å². The molecule has 1 saturated heterocycles. The maximum absolute atomic E-state index is 12.8. The molecule has 0 spiro atoms. The molecule has 1 fully saturated rings. The van der Waals surface area contributed by atoms with Crippen LogP contribution in [0, 0.1) is 0 Å². The van der Waals surface area contributed by atoms with Crippen LogP contribution in [-0.2, 0) is 4.74 Å². The standard InChI is InChI=1S/C22H25N3O4/c26-14-17(27)13-23-16-6-5-15-11-20(24-22(28)19(15)12-16)18-3-1-2-4-21(18)25-7-9-29-10-8-25/h1-6,11-12,17,23,26-27H,7-10,13-14H2,(H,24,28)/t17-/m1/s1. The van der Waals surface area contributed by atoms with E-state index in [2.05, 4.69) is 21.3 Å². The first-order chi connectivity index (χ1) is 14.2. The van der Waals surface area contributed by atoms with Crippen LogP contribution in [0.25, 0.3) is 22.0 Å². The summed E-state index contributed by atoms with van der Waals surface area (Å²) in [6.45, 7) is 2.94. The van der Waals surface area contributed by atoms with Gasteiger partial charge in [-0.3, -0.25) is 4.79 Å². The van der Waals surface area contributed by atoms with Crippen LogP contribution in [0.1, 0.15) is 0 Å². The number of anilines is 2. The van der Waals surface area contributed by atoms with E-state index in [4.69, 9.17) is 9.84 Å². The van der Waals surface area contributed by atoms with Gasteiger partial charge in [0.25, 0.3) is 5.56 Å². The van der Waals surface area contributed by atoms with E-state index < -0.39 is 6.10 Å². The average Bonchev–Trinajstić information content (AvgIpc) is 2.78. The van der Waals surface area contributed by atoms with E-state index in [1.807, 2.05) is 36.4 Å². The quantitative estimate of drug-likeness (QED) is 0.508. The third kappa shape index (κ3) is 4.27. The van der Waals surface area contributed by atoms with Gasteiger partial charge in [-0.25, -0.2) is 0 Å². The summed E-state index contributed by atoms with van der Waals surface area (Å²) in [7, 11) is 0.